The monoisotopic (exact) mass is 273 g/mol. The molecule has 0 fully saturated rings. The summed E-state index contributed by atoms with van der Waals surface area (Å²) in [5.74, 6) is 0. The number of nitrogens with one attached hydrogen (secondary N) is 1. The summed E-state index contributed by atoms with van der Waals surface area (Å²) in [4.78, 5) is 0. The fraction of sp³-hybridized carbons (Fsp3) is 0.200. The van der Waals surface area contributed by atoms with Gasteiger partial charge in [-0.3, -0.25) is 0 Å². The standard InChI is InChI=1S/C20H19N/c1-2-8-17-14-18(13-12-15(17)6-1)21-20-11-5-9-16-7-3-4-10-19(16)20/h3-5,7,9-14,21H,1-2,6,8H2. The van der Waals surface area contributed by atoms with Gasteiger partial charge in [-0.15, -0.1) is 0 Å². The first kappa shape index (κ1) is 12.5. The second-order valence-corrected chi connectivity index (χ2v) is 5.84. The van der Waals surface area contributed by atoms with Crippen LogP contribution in [0.3, 0.4) is 0 Å². The smallest absolute Gasteiger partial charge is 0.0463 e. The van der Waals surface area contributed by atoms with Gasteiger partial charge in [0.1, 0.15) is 0 Å². The van der Waals surface area contributed by atoms with Crippen LogP contribution in [0.15, 0.2) is 60.7 Å². The van der Waals surface area contributed by atoms with Crippen LogP contribution in [0.2, 0.25) is 0 Å². The molecule has 1 nitrogen and oxygen atoms in total. The van der Waals surface area contributed by atoms with Crippen molar-refractivity contribution in [2.75, 3.05) is 5.32 Å². The average molecular weight is 273 g/mol. The van der Waals surface area contributed by atoms with E-state index in [0.29, 0.717) is 0 Å². The Morgan fingerprint density at radius 3 is 2.48 bits per heavy atom. The molecule has 3 aromatic rings. The number of fused-ring (bicyclic) bond motifs is 2. The molecule has 0 aliphatic heterocycles. The largest absolute Gasteiger partial charge is 0.355 e. The highest BCUT2D eigenvalue weighted by Crippen LogP contribution is 2.29. The summed E-state index contributed by atoms with van der Waals surface area (Å²) in [5, 5.41) is 6.15. The summed E-state index contributed by atoms with van der Waals surface area (Å²) in [6.07, 6.45) is 5.12. The zero-order valence-corrected chi connectivity index (χ0v) is 12.1. The molecule has 0 aromatic heterocycles. The lowest BCUT2D eigenvalue weighted by Gasteiger charge is -2.17. The molecule has 0 bridgehead atoms. The maximum Gasteiger partial charge on any atom is 0.0463 e. The average Bonchev–Trinajstić information content (AvgIpc) is 2.55. The Labute approximate surface area is 125 Å². The molecule has 1 N–H and O–H groups in total. The first-order valence-corrected chi connectivity index (χ1v) is 7.77. The fourth-order valence-electron chi connectivity index (χ4n) is 3.30. The van der Waals surface area contributed by atoms with Crippen LogP contribution in [0.1, 0.15) is 24.0 Å². The summed E-state index contributed by atoms with van der Waals surface area (Å²) in [6.45, 7) is 0. The maximum absolute atomic E-state index is 3.60. The quantitative estimate of drug-likeness (QED) is 0.653. The van der Waals surface area contributed by atoms with Crippen molar-refractivity contribution in [1.82, 2.24) is 0 Å². The highest BCUT2D eigenvalue weighted by molar-refractivity contribution is 5.95. The van der Waals surface area contributed by atoms with E-state index >= 15 is 0 Å². The lowest BCUT2D eigenvalue weighted by atomic mass is 9.91. The van der Waals surface area contributed by atoms with Crippen LogP contribution in [-0.2, 0) is 12.8 Å². The molecular formula is C20H19N. The van der Waals surface area contributed by atoms with Gasteiger partial charge in [0.15, 0.2) is 0 Å². The second kappa shape index (κ2) is 5.25. The van der Waals surface area contributed by atoms with Crippen LogP contribution in [-0.4, -0.2) is 0 Å². The molecule has 3 aromatic carbocycles. The van der Waals surface area contributed by atoms with E-state index in [1.807, 2.05) is 0 Å². The minimum atomic E-state index is 1.18. The molecule has 0 amide bonds. The molecule has 0 unspecified atom stereocenters. The summed E-state index contributed by atoms with van der Waals surface area (Å²) < 4.78 is 0. The van der Waals surface area contributed by atoms with Gasteiger partial charge >= 0.3 is 0 Å². The third-order valence-corrected chi connectivity index (χ3v) is 4.42. The maximum atomic E-state index is 3.60. The van der Waals surface area contributed by atoms with E-state index in [1.54, 1.807) is 0 Å². The molecule has 0 spiro atoms. The third kappa shape index (κ3) is 2.40. The van der Waals surface area contributed by atoms with Crippen LogP contribution in [0.5, 0.6) is 0 Å². The first-order valence-electron chi connectivity index (χ1n) is 7.77. The molecular weight excluding hydrogens is 254 g/mol. The van der Waals surface area contributed by atoms with Crippen molar-refractivity contribution < 1.29 is 0 Å². The molecule has 21 heavy (non-hydrogen) atoms. The molecule has 0 saturated carbocycles. The Bertz CT molecular complexity index is 783. The number of hydrogen-bond acceptors (Lipinski definition) is 1. The molecule has 0 saturated heterocycles. The summed E-state index contributed by atoms with van der Waals surface area (Å²) in [5.41, 5.74) is 5.44. The van der Waals surface area contributed by atoms with Crippen LogP contribution in [0, 0.1) is 0 Å². The Morgan fingerprint density at radius 1 is 0.714 bits per heavy atom. The van der Waals surface area contributed by atoms with Gasteiger partial charge < -0.3 is 5.32 Å². The number of aryl methyl sites for hydroxylation is 2. The van der Waals surface area contributed by atoms with Gasteiger partial charge in [-0.2, -0.15) is 0 Å². The first-order chi connectivity index (χ1) is 10.4. The van der Waals surface area contributed by atoms with Crippen molar-refractivity contribution in [1.29, 1.82) is 0 Å². The van der Waals surface area contributed by atoms with E-state index in [4.69, 9.17) is 0 Å². The highest BCUT2D eigenvalue weighted by atomic mass is 14.9. The molecule has 1 aliphatic rings. The normalized spacial score (nSPS) is 13.9. The molecule has 104 valence electrons. The lowest BCUT2D eigenvalue weighted by Crippen LogP contribution is -2.03. The number of anilines is 2. The summed E-state index contributed by atoms with van der Waals surface area (Å²) >= 11 is 0. The predicted octanol–water partition coefficient (Wildman–Crippen LogP) is 5.46. The van der Waals surface area contributed by atoms with Crippen molar-refractivity contribution in [2.45, 2.75) is 25.7 Å². The van der Waals surface area contributed by atoms with Crippen molar-refractivity contribution in [3.63, 3.8) is 0 Å². The lowest BCUT2D eigenvalue weighted by molar-refractivity contribution is 0.686. The number of rotatable bonds is 2. The van der Waals surface area contributed by atoms with Gasteiger partial charge in [0.25, 0.3) is 0 Å². The molecule has 0 heterocycles. The fourth-order valence-corrected chi connectivity index (χ4v) is 3.30. The van der Waals surface area contributed by atoms with Crippen LogP contribution >= 0.6 is 0 Å². The van der Waals surface area contributed by atoms with E-state index in [2.05, 4.69) is 66.0 Å². The second-order valence-electron chi connectivity index (χ2n) is 5.84. The van der Waals surface area contributed by atoms with Gasteiger partial charge in [-0.25, -0.2) is 0 Å². The van der Waals surface area contributed by atoms with Gasteiger partial charge in [-0.05, 0) is 60.4 Å². The number of benzene rings is 3. The highest BCUT2D eigenvalue weighted by Gasteiger charge is 2.09. The van der Waals surface area contributed by atoms with Crippen LogP contribution < -0.4 is 5.32 Å². The van der Waals surface area contributed by atoms with E-state index in [1.165, 1.54) is 59.0 Å². The van der Waals surface area contributed by atoms with Crippen molar-refractivity contribution in [3.8, 4) is 0 Å². The van der Waals surface area contributed by atoms with Gasteiger partial charge in [0.05, 0.1) is 0 Å². The molecule has 0 atom stereocenters. The zero-order valence-electron chi connectivity index (χ0n) is 12.1. The molecule has 1 heteroatoms. The SMILES string of the molecule is c1ccc2c(Nc3ccc4c(c3)CCCC4)cccc2c1. The van der Waals surface area contributed by atoms with Crippen molar-refractivity contribution in [2.24, 2.45) is 0 Å². The van der Waals surface area contributed by atoms with E-state index in [-0.39, 0.29) is 0 Å². The Hall–Kier alpha value is -2.28. The van der Waals surface area contributed by atoms with E-state index < -0.39 is 0 Å². The van der Waals surface area contributed by atoms with E-state index in [0.717, 1.165) is 0 Å². The van der Waals surface area contributed by atoms with E-state index in [9.17, 15) is 0 Å². The third-order valence-electron chi connectivity index (χ3n) is 4.42. The Balaban J connectivity index is 1.71. The summed E-state index contributed by atoms with van der Waals surface area (Å²) in [7, 11) is 0. The summed E-state index contributed by atoms with van der Waals surface area (Å²) in [6, 6.07) is 21.8. The minimum absolute atomic E-state index is 1.18. The minimum Gasteiger partial charge on any atom is -0.355 e. The van der Waals surface area contributed by atoms with Crippen molar-refractivity contribution in [3.05, 3.63) is 71.8 Å². The van der Waals surface area contributed by atoms with Crippen LogP contribution in [0.25, 0.3) is 10.8 Å². The van der Waals surface area contributed by atoms with Gasteiger partial charge in [0.2, 0.25) is 0 Å². The molecule has 0 radical (unpaired) electrons. The molecule has 4 rings (SSSR count). The van der Waals surface area contributed by atoms with Gasteiger partial charge in [0, 0.05) is 16.8 Å². The Kier molecular flexibility index (Phi) is 3.11. The predicted molar refractivity (Wildman–Crippen MR) is 90.3 cm³/mol. The molecule has 1 aliphatic carbocycles. The van der Waals surface area contributed by atoms with Crippen LogP contribution in [0.4, 0.5) is 11.4 Å². The van der Waals surface area contributed by atoms with Crippen molar-refractivity contribution >= 4 is 22.1 Å². The Morgan fingerprint density at radius 2 is 1.52 bits per heavy atom. The zero-order chi connectivity index (χ0) is 14.1. The van der Waals surface area contributed by atoms with Gasteiger partial charge in [-0.1, -0.05) is 42.5 Å². The topological polar surface area (TPSA) is 12.0 Å². The number of hydrogen-bond donors (Lipinski definition) is 1.